The van der Waals surface area contributed by atoms with Crippen LogP contribution in [-0.2, 0) is 0 Å². The molecule has 1 unspecified atom stereocenters. The maximum absolute atomic E-state index is 12.6. The van der Waals surface area contributed by atoms with Crippen molar-refractivity contribution < 1.29 is 4.79 Å². The first-order valence-corrected chi connectivity index (χ1v) is 8.02. The molecule has 3 rings (SSSR count). The predicted octanol–water partition coefficient (Wildman–Crippen LogP) is 2.01. The van der Waals surface area contributed by atoms with Crippen LogP contribution < -0.4 is 0 Å². The van der Waals surface area contributed by atoms with Gasteiger partial charge in [0.1, 0.15) is 0 Å². The number of urea groups is 1. The lowest BCUT2D eigenvalue weighted by Crippen LogP contribution is -2.49. The number of nitrogens with zero attached hydrogens (tertiary/aromatic N) is 3. The second kappa shape index (κ2) is 5.70. The summed E-state index contributed by atoms with van der Waals surface area (Å²) in [5.74, 6) is 0.790. The van der Waals surface area contributed by atoms with Crippen LogP contribution in [0.25, 0.3) is 0 Å². The molecule has 3 fully saturated rings. The third-order valence-corrected chi connectivity index (χ3v) is 5.13. The summed E-state index contributed by atoms with van der Waals surface area (Å²) in [6, 6.07) is 0.941. The molecule has 4 heteroatoms. The van der Waals surface area contributed by atoms with Gasteiger partial charge in [0, 0.05) is 38.8 Å². The number of amides is 2. The van der Waals surface area contributed by atoms with Crippen LogP contribution >= 0.6 is 0 Å². The smallest absolute Gasteiger partial charge is 0.320 e. The van der Waals surface area contributed by atoms with Gasteiger partial charge in [-0.2, -0.15) is 0 Å². The quantitative estimate of drug-likeness (QED) is 0.670. The lowest BCUT2D eigenvalue weighted by molar-refractivity contribution is 0.130. The predicted molar refractivity (Wildman–Crippen MR) is 76.2 cm³/mol. The number of carbonyl (C=O) groups is 1. The van der Waals surface area contributed by atoms with E-state index in [1.54, 1.807) is 0 Å². The molecular weight excluding hydrogens is 238 g/mol. The van der Waals surface area contributed by atoms with Crippen molar-refractivity contribution in [3.05, 3.63) is 0 Å². The highest BCUT2D eigenvalue weighted by atomic mass is 16.2. The first-order chi connectivity index (χ1) is 9.24. The zero-order valence-electron chi connectivity index (χ0n) is 12.2. The van der Waals surface area contributed by atoms with E-state index in [2.05, 4.69) is 21.6 Å². The molecular formula is C15H27N3O. The zero-order valence-corrected chi connectivity index (χ0v) is 12.2. The summed E-state index contributed by atoms with van der Waals surface area (Å²) >= 11 is 0. The monoisotopic (exact) mass is 265 g/mol. The summed E-state index contributed by atoms with van der Waals surface area (Å²) in [7, 11) is 0. The Bertz CT molecular complexity index is 325. The van der Waals surface area contributed by atoms with E-state index in [-0.39, 0.29) is 0 Å². The third kappa shape index (κ3) is 2.88. The van der Waals surface area contributed by atoms with Gasteiger partial charge in [0.05, 0.1) is 0 Å². The Balaban J connectivity index is 1.59. The molecule has 19 heavy (non-hydrogen) atoms. The maximum Gasteiger partial charge on any atom is 0.320 e. The standard InChI is InChI=1S/C15H27N3O/c1-13-5-10-17(11-6-13)15(19)18-9-3-8-16-7-2-4-14(16)12-18/h13-14H,2-12H2,1H3. The molecule has 0 radical (unpaired) electrons. The Morgan fingerprint density at radius 3 is 2.42 bits per heavy atom. The second-order valence-corrected chi connectivity index (χ2v) is 6.58. The summed E-state index contributed by atoms with van der Waals surface area (Å²) in [4.78, 5) is 19.4. The van der Waals surface area contributed by atoms with Crippen LogP contribution in [-0.4, -0.2) is 66.0 Å². The van der Waals surface area contributed by atoms with Crippen molar-refractivity contribution in [1.29, 1.82) is 0 Å². The number of hydrogen-bond acceptors (Lipinski definition) is 2. The second-order valence-electron chi connectivity index (χ2n) is 6.58. The Labute approximate surface area is 116 Å². The lowest BCUT2D eigenvalue weighted by Gasteiger charge is -2.35. The van der Waals surface area contributed by atoms with Crippen LogP contribution in [0, 0.1) is 5.92 Å². The number of carbonyl (C=O) groups excluding carboxylic acids is 1. The molecule has 3 aliphatic rings. The minimum absolute atomic E-state index is 0.306. The van der Waals surface area contributed by atoms with E-state index < -0.39 is 0 Å². The van der Waals surface area contributed by atoms with E-state index in [4.69, 9.17) is 0 Å². The molecule has 3 aliphatic heterocycles. The molecule has 108 valence electrons. The first-order valence-electron chi connectivity index (χ1n) is 8.02. The summed E-state index contributed by atoms with van der Waals surface area (Å²) in [6.07, 6.45) is 6.09. The van der Waals surface area contributed by atoms with Gasteiger partial charge in [-0.05, 0) is 44.6 Å². The van der Waals surface area contributed by atoms with Crippen LogP contribution in [0.15, 0.2) is 0 Å². The Morgan fingerprint density at radius 1 is 0.895 bits per heavy atom. The summed E-state index contributed by atoms with van der Waals surface area (Å²) in [5, 5.41) is 0. The van der Waals surface area contributed by atoms with Crippen LogP contribution in [0.1, 0.15) is 39.0 Å². The SMILES string of the molecule is CC1CCN(C(=O)N2CCCN3CCCC3C2)CC1. The van der Waals surface area contributed by atoms with E-state index in [1.807, 2.05) is 0 Å². The molecule has 0 aromatic rings. The van der Waals surface area contributed by atoms with Gasteiger partial charge in [-0.15, -0.1) is 0 Å². The molecule has 0 N–H and O–H groups in total. The summed E-state index contributed by atoms with van der Waals surface area (Å²) in [5.41, 5.74) is 0. The molecule has 0 aliphatic carbocycles. The lowest BCUT2D eigenvalue weighted by atomic mass is 9.99. The Morgan fingerprint density at radius 2 is 1.63 bits per heavy atom. The maximum atomic E-state index is 12.6. The van der Waals surface area contributed by atoms with Crippen LogP contribution in [0.2, 0.25) is 0 Å². The molecule has 0 aromatic heterocycles. The topological polar surface area (TPSA) is 26.8 Å². The fourth-order valence-corrected chi connectivity index (χ4v) is 3.78. The zero-order chi connectivity index (χ0) is 13.2. The summed E-state index contributed by atoms with van der Waals surface area (Å²) in [6.45, 7) is 8.57. The fourth-order valence-electron chi connectivity index (χ4n) is 3.78. The van der Waals surface area contributed by atoms with E-state index >= 15 is 0 Å². The molecule has 0 spiro atoms. The van der Waals surface area contributed by atoms with Crippen molar-refractivity contribution in [3.8, 4) is 0 Å². The van der Waals surface area contributed by atoms with Gasteiger partial charge in [0.2, 0.25) is 0 Å². The van der Waals surface area contributed by atoms with Gasteiger partial charge in [-0.1, -0.05) is 6.92 Å². The van der Waals surface area contributed by atoms with Crippen molar-refractivity contribution in [2.75, 3.05) is 39.3 Å². The van der Waals surface area contributed by atoms with E-state index in [0.29, 0.717) is 12.1 Å². The molecule has 4 nitrogen and oxygen atoms in total. The van der Waals surface area contributed by atoms with Crippen molar-refractivity contribution in [1.82, 2.24) is 14.7 Å². The Hall–Kier alpha value is -0.770. The van der Waals surface area contributed by atoms with Crippen LogP contribution in [0.5, 0.6) is 0 Å². The van der Waals surface area contributed by atoms with E-state index in [0.717, 1.165) is 38.5 Å². The van der Waals surface area contributed by atoms with Crippen molar-refractivity contribution >= 4 is 6.03 Å². The molecule has 3 heterocycles. The average molecular weight is 265 g/mol. The van der Waals surface area contributed by atoms with Gasteiger partial charge < -0.3 is 9.80 Å². The number of rotatable bonds is 0. The van der Waals surface area contributed by atoms with Crippen LogP contribution in [0.4, 0.5) is 4.79 Å². The largest absolute Gasteiger partial charge is 0.325 e. The highest BCUT2D eigenvalue weighted by Gasteiger charge is 2.32. The van der Waals surface area contributed by atoms with Crippen molar-refractivity contribution in [2.45, 2.75) is 45.1 Å². The van der Waals surface area contributed by atoms with Gasteiger partial charge in [0.15, 0.2) is 0 Å². The molecule has 0 aromatic carbocycles. The average Bonchev–Trinajstić information content (AvgIpc) is 2.76. The first kappa shape index (κ1) is 13.2. The van der Waals surface area contributed by atoms with Gasteiger partial charge in [0.25, 0.3) is 0 Å². The third-order valence-electron chi connectivity index (χ3n) is 5.13. The molecule has 0 saturated carbocycles. The molecule has 3 saturated heterocycles. The van der Waals surface area contributed by atoms with Gasteiger partial charge in [-0.25, -0.2) is 4.79 Å². The summed E-state index contributed by atoms with van der Waals surface area (Å²) < 4.78 is 0. The Kier molecular flexibility index (Phi) is 3.96. The minimum Gasteiger partial charge on any atom is -0.325 e. The highest BCUT2D eigenvalue weighted by molar-refractivity contribution is 5.74. The molecule has 2 amide bonds. The van der Waals surface area contributed by atoms with Gasteiger partial charge in [-0.3, -0.25) is 4.90 Å². The normalized spacial score (nSPS) is 30.3. The number of hydrogen-bond donors (Lipinski definition) is 0. The highest BCUT2D eigenvalue weighted by Crippen LogP contribution is 2.23. The van der Waals surface area contributed by atoms with Crippen LogP contribution in [0.3, 0.4) is 0 Å². The molecule has 1 atom stereocenters. The molecule has 0 bridgehead atoms. The number of fused-ring (bicyclic) bond motifs is 1. The van der Waals surface area contributed by atoms with Crippen molar-refractivity contribution in [2.24, 2.45) is 5.92 Å². The van der Waals surface area contributed by atoms with Gasteiger partial charge >= 0.3 is 6.03 Å². The minimum atomic E-state index is 0.306. The number of likely N-dealkylation sites (tertiary alicyclic amines) is 1. The van der Waals surface area contributed by atoms with Crippen molar-refractivity contribution in [3.63, 3.8) is 0 Å². The fraction of sp³-hybridized carbons (Fsp3) is 0.933. The number of piperidine rings is 1. The van der Waals surface area contributed by atoms with E-state index in [1.165, 1.54) is 38.8 Å². The van der Waals surface area contributed by atoms with E-state index in [9.17, 15) is 4.79 Å².